The highest BCUT2D eigenvalue weighted by molar-refractivity contribution is 5.73. The Kier molecular flexibility index (Phi) is 1.98. The predicted octanol–water partition coefficient (Wildman–Crippen LogP) is 2.11. The molecule has 3 atom stereocenters. The van der Waals surface area contributed by atoms with Gasteiger partial charge in [-0.05, 0) is 30.1 Å². The Hall–Kier alpha value is -0.790. The maximum Gasteiger partial charge on any atom is 0.217 e. The molecule has 0 spiro atoms. The Labute approximate surface area is 85.8 Å². The first-order valence-electron chi connectivity index (χ1n) is 5.38. The van der Waals surface area contributed by atoms with Crippen LogP contribution in [-0.2, 0) is 4.79 Å². The summed E-state index contributed by atoms with van der Waals surface area (Å²) in [4.78, 5) is 11.0. The van der Waals surface area contributed by atoms with Gasteiger partial charge in [-0.25, -0.2) is 0 Å². The number of hydrogen-bond donors (Lipinski definition) is 1. The van der Waals surface area contributed by atoms with Crippen LogP contribution in [0.15, 0.2) is 12.2 Å². The van der Waals surface area contributed by atoms with E-state index in [2.05, 4.69) is 25.7 Å². The molecule has 2 heteroatoms. The zero-order valence-corrected chi connectivity index (χ0v) is 9.26. The molecule has 0 saturated heterocycles. The summed E-state index contributed by atoms with van der Waals surface area (Å²) >= 11 is 0. The Morgan fingerprint density at radius 2 is 2.14 bits per heavy atom. The number of rotatable bonds is 1. The van der Waals surface area contributed by atoms with Crippen molar-refractivity contribution >= 4 is 5.91 Å². The predicted molar refractivity (Wildman–Crippen MR) is 56.7 cm³/mol. The molecule has 2 nitrogen and oxygen atoms in total. The summed E-state index contributed by atoms with van der Waals surface area (Å²) in [5.74, 6) is 1.46. The fourth-order valence-electron chi connectivity index (χ4n) is 3.12. The summed E-state index contributed by atoms with van der Waals surface area (Å²) in [5, 5.41) is 2.99. The van der Waals surface area contributed by atoms with Gasteiger partial charge in [0.1, 0.15) is 0 Å². The maximum atomic E-state index is 11.0. The van der Waals surface area contributed by atoms with Crippen LogP contribution in [0.4, 0.5) is 0 Å². The van der Waals surface area contributed by atoms with Gasteiger partial charge in [0.15, 0.2) is 0 Å². The summed E-state index contributed by atoms with van der Waals surface area (Å²) in [5.41, 5.74) is 1.67. The Balaban J connectivity index is 2.08. The average Bonchev–Trinajstić information content (AvgIpc) is 2.06. The fourth-order valence-corrected chi connectivity index (χ4v) is 3.12. The first-order valence-corrected chi connectivity index (χ1v) is 5.38. The largest absolute Gasteiger partial charge is 0.350 e. The Morgan fingerprint density at radius 1 is 1.50 bits per heavy atom. The second-order valence-electron chi connectivity index (χ2n) is 5.37. The van der Waals surface area contributed by atoms with Crippen LogP contribution in [0, 0.1) is 17.3 Å². The molecule has 0 aromatic carbocycles. The van der Waals surface area contributed by atoms with Gasteiger partial charge >= 0.3 is 0 Å². The van der Waals surface area contributed by atoms with Crippen molar-refractivity contribution in [2.75, 3.05) is 0 Å². The van der Waals surface area contributed by atoms with Crippen LogP contribution in [0.2, 0.25) is 0 Å². The van der Waals surface area contributed by atoms with E-state index in [-0.39, 0.29) is 11.9 Å². The van der Waals surface area contributed by atoms with Crippen LogP contribution >= 0.6 is 0 Å². The molecule has 0 unspecified atom stereocenters. The topological polar surface area (TPSA) is 29.1 Å². The van der Waals surface area contributed by atoms with Gasteiger partial charge in [0, 0.05) is 6.92 Å². The van der Waals surface area contributed by atoms with E-state index in [4.69, 9.17) is 0 Å². The summed E-state index contributed by atoms with van der Waals surface area (Å²) < 4.78 is 0. The van der Waals surface area contributed by atoms with Gasteiger partial charge in [-0.3, -0.25) is 4.79 Å². The highest BCUT2D eigenvalue weighted by atomic mass is 16.1. The number of carbonyl (C=O) groups excluding carboxylic acids is 1. The minimum atomic E-state index is 0.0651. The fraction of sp³-hybridized carbons (Fsp3) is 0.750. The normalized spacial score (nSPS) is 38.8. The number of hydrogen-bond acceptors (Lipinski definition) is 1. The van der Waals surface area contributed by atoms with E-state index in [1.54, 1.807) is 6.92 Å². The molecule has 3 fully saturated rings. The van der Waals surface area contributed by atoms with E-state index in [1.165, 1.54) is 12.0 Å². The monoisotopic (exact) mass is 193 g/mol. The molecule has 0 aromatic rings. The molecule has 1 N–H and O–H groups in total. The first-order chi connectivity index (χ1) is 6.43. The molecule has 1 amide bonds. The smallest absolute Gasteiger partial charge is 0.217 e. The minimum absolute atomic E-state index is 0.0651. The van der Waals surface area contributed by atoms with Gasteiger partial charge in [0.25, 0.3) is 0 Å². The van der Waals surface area contributed by atoms with Gasteiger partial charge in [-0.2, -0.15) is 0 Å². The highest BCUT2D eigenvalue weighted by Gasteiger charge is 2.54. The lowest BCUT2D eigenvalue weighted by Gasteiger charge is -2.60. The second-order valence-corrected chi connectivity index (χ2v) is 5.37. The van der Waals surface area contributed by atoms with Crippen molar-refractivity contribution in [2.24, 2.45) is 17.3 Å². The maximum absolute atomic E-state index is 11.0. The molecule has 3 aliphatic rings. The lowest BCUT2D eigenvalue weighted by Crippen LogP contribution is -2.57. The lowest BCUT2D eigenvalue weighted by molar-refractivity contribution is -0.121. The van der Waals surface area contributed by atoms with Crippen LogP contribution in [-0.4, -0.2) is 11.9 Å². The minimum Gasteiger partial charge on any atom is -0.350 e. The van der Waals surface area contributed by atoms with Crippen LogP contribution in [0.1, 0.15) is 33.6 Å². The number of carbonyl (C=O) groups is 1. The van der Waals surface area contributed by atoms with Gasteiger partial charge in [-0.1, -0.05) is 26.0 Å². The standard InChI is InChI=1S/C12H19NO/c1-7-10-5-9(12(10,3)4)6-11(7)13-8(2)14/h9-11H,1,5-6H2,2-4H3,(H,13,14)/t9-,10-,11+/m0/s1. The summed E-state index contributed by atoms with van der Waals surface area (Å²) in [6, 6.07) is 0.240. The van der Waals surface area contributed by atoms with E-state index in [9.17, 15) is 4.79 Å². The van der Waals surface area contributed by atoms with Crippen LogP contribution in [0.5, 0.6) is 0 Å². The van der Waals surface area contributed by atoms with Gasteiger partial charge in [0.05, 0.1) is 6.04 Å². The SMILES string of the molecule is C=C1[C@H](NC(C)=O)C[C@@H]2C[C@@H]1C2(C)C. The van der Waals surface area contributed by atoms with Crippen LogP contribution in [0.3, 0.4) is 0 Å². The van der Waals surface area contributed by atoms with Crippen molar-refractivity contribution in [3.8, 4) is 0 Å². The number of nitrogens with one attached hydrogen (secondary N) is 1. The molecule has 0 aliphatic heterocycles. The van der Waals surface area contributed by atoms with Crippen molar-refractivity contribution < 1.29 is 4.79 Å². The van der Waals surface area contributed by atoms with Crippen molar-refractivity contribution in [1.82, 2.24) is 5.32 Å². The third-order valence-corrected chi connectivity index (χ3v) is 4.26. The zero-order valence-electron chi connectivity index (χ0n) is 9.26. The van der Waals surface area contributed by atoms with E-state index in [1.807, 2.05) is 0 Å². The molecule has 78 valence electrons. The van der Waals surface area contributed by atoms with E-state index >= 15 is 0 Å². The van der Waals surface area contributed by atoms with Crippen molar-refractivity contribution in [3.05, 3.63) is 12.2 Å². The van der Waals surface area contributed by atoms with Gasteiger partial charge in [0.2, 0.25) is 5.91 Å². The molecule has 2 bridgehead atoms. The third-order valence-electron chi connectivity index (χ3n) is 4.26. The van der Waals surface area contributed by atoms with Crippen molar-refractivity contribution in [2.45, 2.75) is 39.7 Å². The molecule has 3 aliphatic carbocycles. The Bertz CT molecular complexity index is 293. The second kappa shape index (κ2) is 2.85. The quantitative estimate of drug-likeness (QED) is 0.635. The third kappa shape index (κ3) is 1.20. The molecule has 0 aromatic heterocycles. The zero-order chi connectivity index (χ0) is 10.5. The van der Waals surface area contributed by atoms with Crippen molar-refractivity contribution in [1.29, 1.82) is 0 Å². The number of amides is 1. The summed E-state index contributed by atoms with van der Waals surface area (Å²) in [6.07, 6.45) is 2.36. The van der Waals surface area contributed by atoms with E-state index < -0.39 is 0 Å². The van der Waals surface area contributed by atoms with Gasteiger partial charge in [-0.15, -0.1) is 0 Å². The first kappa shape index (κ1) is 9.75. The molecule has 0 heterocycles. The highest BCUT2D eigenvalue weighted by Crippen LogP contribution is 2.60. The summed E-state index contributed by atoms with van der Waals surface area (Å²) in [7, 11) is 0. The molecule has 3 rings (SSSR count). The molecular weight excluding hydrogens is 174 g/mol. The molecule has 0 radical (unpaired) electrons. The van der Waals surface area contributed by atoms with E-state index in [0.29, 0.717) is 11.3 Å². The average molecular weight is 193 g/mol. The van der Waals surface area contributed by atoms with Crippen molar-refractivity contribution in [3.63, 3.8) is 0 Å². The molecule has 14 heavy (non-hydrogen) atoms. The van der Waals surface area contributed by atoms with Crippen LogP contribution < -0.4 is 5.32 Å². The van der Waals surface area contributed by atoms with Gasteiger partial charge < -0.3 is 5.32 Å². The Morgan fingerprint density at radius 3 is 2.57 bits per heavy atom. The number of fused-ring (bicyclic) bond motifs is 2. The van der Waals surface area contributed by atoms with Crippen LogP contribution in [0.25, 0.3) is 0 Å². The molecule has 3 saturated carbocycles. The lowest BCUT2D eigenvalue weighted by atomic mass is 9.46. The summed E-state index contributed by atoms with van der Waals surface area (Å²) in [6.45, 7) is 10.4. The van der Waals surface area contributed by atoms with E-state index in [0.717, 1.165) is 12.3 Å². The molecular formula is C12H19NO.